The van der Waals surface area contributed by atoms with E-state index in [1.54, 1.807) is 6.07 Å². The first-order valence-electron chi connectivity index (χ1n) is 7.20. The fraction of sp³-hybridized carbons (Fsp3) is 0.0625. The molecule has 0 bridgehead atoms. The normalized spacial score (nSPS) is 11.1. The molecular weight excluding hydrogens is 329 g/mol. The maximum absolute atomic E-state index is 13.1. The molecule has 25 heavy (non-hydrogen) atoms. The largest absolute Gasteiger partial charge is 0.465 e. The number of ether oxygens (including phenoxy) is 1. The first-order valence-corrected chi connectivity index (χ1v) is 7.20. The fourth-order valence-corrected chi connectivity index (χ4v) is 2.55. The highest BCUT2D eigenvalue weighted by atomic mass is 19.1. The van der Waals surface area contributed by atoms with Crippen molar-refractivity contribution in [2.24, 2.45) is 0 Å². The zero-order chi connectivity index (χ0) is 17.6. The van der Waals surface area contributed by atoms with Crippen LogP contribution in [0.15, 0.2) is 47.5 Å². The zero-order valence-corrected chi connectivity index (χ0v) is 12.9. The fourth-order valence-electron chi connectivity index (χ4n) is 2.55. The van der Waals surface area contributed by atoms with E-state index in [0.717, 1.165) is 0 Å². The lowest BCUT2D eigenvalue weighted by Crippen LogP contribution is -2.20. The number of benzene rings is 1. The number of carbonyl (C=O) groups excluding carboxylic acids is 1. The SMILES string of the molecule is COC(=O)c1cnn2c1nnc1c(=O)n(-c3ccc(F)cc3)ccc12. The van der Waals surface area contributed by atoms with Gasteiger partial charge in [0, 0.05) is 11.9 Å². The molecule has 8 nitrogen and oxygen atoms in total. The molecule has 0 atom stereocenters. The first kappa shape index (κ1) is 14.9. The summed E-state index contributed by atoms with van der Waals surface area (Å²) in [5.74, 6) is -0.991. The molecular formula is C16H10FN5O3. The molecule has 124 valence electrons. The van der Waals surface area contributed by atoms with Crippen LogP contribution in [0, 0.1) is 5.82 Å². The molecule has 0 aliphatic rings. The van der Waals surface area contributed by atoms with Gasteiger partial charge in [0.05, 0.1) is 13.3 Å². The third-order valence-corrected chi connectivity index (χ3v) is 3.77. The number of methoxy groups -OCH3 is 1. The van der Waals surface area contributed by atoms with Gasteiger partial charge in [-0.1, -0.05) is 0 Å². The number of pyridine rings is 1. The summed E-state index contributed by atoms with van der Waals surface area (Å²) >= 11 is 0. The molecule has 0 aliphatic heterocycles. The van der Waals surface area contributed by atoms with Crippen LogP contribution in [0.4, 0.5) is 4.39 Å². The summed E-state index contributed by atoms with van der Waals surface area (Å²) in [4.78, 5) is 24.4. The molecule has 9 heteroatoms. The molecule has 0 saturated heterocycles. The highest BCUT2D eigenvalue weighted by molar-refractivity contribution is 5.96. The minimum absolute atomic E-state index is 0.0684. The molecule has 0 saturated carbocycles. The molecule has 0 fully saturated rings. The molecule has 4 aromatic rings. The Morgan fingerprint density at radius 2 is 1.92 bits per heavy atom. The van der Waals surface area contributed by atoms with Crippen LogP contribution in [-0.4, -0.2) is 37.5 Å². The van der Waals surface area contributed by atoms with Crippen molar-refractivity contribution in [1.82, 2.24) is 24.4 Å². The van der Waals surface area contributed by atoms with Crippen molar-refractivity contribution in [1.29, 1.82) is 0 Å². The lowest BCUT2D eigenvalue weighted by molar-refractivity contribution is 0.0602. The number of nitrogens with zero attached hydrogens (tertiary/aromatic N) is 5. The summed E-state index contributed by atoms with van der Waals surface area (Å²) in [6.45, 7) is 0. The topological polar surface area (TPSA) is 91.4 Å². The van der Waals surface area contributed by atoms with E-state index >= 15 is 0 Å². The van der Waals surface area contributed by atoms with E-state index in [-0.39, 0.29) is 16.7 Å². The van der Waals surface area contributed by atoms with E-state index in [4.69, 9.17) is 0 Å². The highest BCUT2D eigenvalue weighted by Gasteiger charge is 2.18. The molecule has 0 aliphatic carbocycles. The molecule has 0 radical (unpaired) electrons. The summed E-state index contributed by atoms with van der Waals surface area (Å²) in [6, 6.07) is 7.11. The number of halogens is 1. The Morgan fingerprint density at radius 3 is 2.64 bits per heavy atom. The maximum atomic E-state index is 13.1. The zero-order valence-electron chi connectivity index (χ0n) is 12.9. The van der Waals surface area contributed by atoms with Crippen LogP contribution in [0.25, 0.3) is 22.4 Å². The number of esters is 1. The van der Waals surface area contributed by atoms with Gasteiger partial charge in [-0.15, -0.1) is 10.2 Å². The van der Waals surface area contributed by atoms with E-state index in [9.17, 15) is 14.0 Å². The van der Waals surface area contributed by atoms with Gasteiger partial charge < -0.3 is 4.74 Å². The predicted octanol–water partition coefficient (Wildman–Crippen LogP) is 1.35. The quantitative estimate of drug-likeness (QED) is 0.512. The third kappa shape index (κ3) is 2.24. The highest BCUT2D eigenvalue weighted by Crippen LogP contribution is 2.15. The molecule has 0 unspecified atom stereocenters. The predicted molar refractivity (Wildman–Crippen MR) is 85.2 cm³/mol. The monoisotopic (exact) mass is 339 g/mol. The Kier molecular flexibility index (Phi) is 3.27. The molecule has 0 N–H and O–H groups in total. The van der Waals surface area contributed by atoms with E-state index in [2.05, 4.69) is 20.0 Å². The van der Waals surface area contributed by atoms with Crippen molar-refractivity contribution in [2.75, 3.05) is 7.11 Å². The van der Waals surface area contributed by atoms with Crippen LogP contribution < -0.4 is 5.56 Å². The number of fused-ring (bicyclic) bond motifs is 3. The van der Waals surface area contributed by atoms with Crippen molar-refractivity contribution in [3.05, 3.63) is 64.5 Å². The third-order valence-electron chi connectivity index (χ3n) is 3.77. The van der Waals surface area contributed by atoms with E-state index < -0.39 is 17.3 Å². The number of hydrogen-bond donors (Lipinski definition) is 0. The molecule has 4 rings (SSSR count). The molecule has 1 aromatic carbocycles. The van der Waals surface area contributed by atoms with E-state index in [1.807, 2.05) is 0 Å². The standard InChI is InChI=1S/C16H10FN5O3/c1-25-16(24)11-8-18-22-12-6-7-21(10-4-2-9(17)3-5-10)15(23)13(12)19-20-14(11)22/h2-8H,1H3. The number of aromatic nitrogens is 5. The van der Waals surface area contributed by atoms with Gasteiger partial charge in [0.15, 0.2) is 11.2 Å². The summed E-state index contributed by atoms with van der Waals surface area (Å²) in [5.41, 5.74) is 0.861. The first-order chi connectivity index (χ1) is 12.1. The van der Waals surface area contributed by atoms with Crippen molar-refractivity contribution in [2.45, 2.75) is 0 Å². The van der Waals surface area contributed by atoms with Gasteiger partial charge in [0.2, 0.25) is 0 Å². The average Bonchev–Trinajstić information content (AvgIpc) is 3.07. The summed E-state index contributed by atoms with van der Waals surface area (Å²) < 4.78 is 20.4. The number of carbonyl (C=O) groups is 1. The van der Waals surface area contributed by atoms with Crippen LogP contribution in [0.1, 0.15) is 10.4 Å². The second-order valence-corrected chi connectivity index (χ2v) is 5.19. The summed E-state index contributed by atoms with van der Waals surface area (Å²) in [7, 11) is 1.25. The van der Waals surface area contributed by atoms with Crippen molar-refractivity contribution < 1.29 is 13.9 Å². The van der Waals surface area contributed by atoms with Gasteiger partial charge in [-0.3, -0.25) is 9.36 Å². The van der Waals surface area contributed by atoms with Gasteiger partial charge >= 0.3 is 5.97 Å². The lowest BCUT2D eigenvalue weighted by atomic mass is 10.3. The van der Waals surface area contributed by atoms with Gasteiger partial charge in [-0.05, 0) is 30.3 Å². The molecule has 0 spiro atoms. The van der Waals surface area contributed by atoms with Crippen LogP contribution in [-0.2, 0) is 4.74 Å². The van der Waals surface area contributed by atoms with Crippen LogP contribution in [0.3, 0.4) is 0 Å². The van der Waals surface area contributed by atoms with Crippen LogP contribution in [0.2, 0.25) is 0 Å². The Balaban J connectivity index is 1.97. The summed E-state index contributed by atoms with van der Waals surface area (Å²) in [6.07, 6.45) is 2.83. The maximum Gasteiger partial charge on any atom is 0.343 e. The smallest absolute Gasteiger partial charge is 0.343 e. The molecule has 3 aromatic heterocycles. The Bertz CT molecular complexity index is 1180. The lowest BCUT2D eigenvalue weighted by Gasteiger charge is -2.07. The van der Waals surface area contributed by atoms with Gasteiger partial charge in [-0.25, -0.2) is 13.7 Å². The van der Waals surface area contributed by atoms with Crippen LogP contribution in [0.5, 0.6) is 0 Å². The number of rotatable bonds is 2. The van der Waals surface area contributed by atoms with Gasteiger partial charge in [0.1, 0.15) is 16.9 Å². The number of hydrogen-bond acceptors (Lipinski definition) is 6. The minimum atomic E-state index is -0.594. The molecule has 0 amide bonds. The van der Waals surface area contributed by atoms with Gasteiger partial charge in [-0.2, -0.15) is 5.10 Å². The van der Waals surface area contributed by atoms with Gasteiger partial charge in [0.25, 0.3) is 5.56 Å². The average molecular weight is 339 g/mol. The van der Waals surface area contributed by atoms with Crippen molar-refractivity contribution >= 4 is 22.6 Å². The van der Waals surface area contributed by atoms with E-state index in [1.165, 1.54) is 52.9 Å². The van der Waals surface area contributed by atoms with Crippen molar-refractivity contribution in [3.63, 3.8) is 0 Å². The van der Waals surface area contributed by atoms with Crippen LogP contribution >= 0.6 is 0 Å². The second-order valence-electron chi connectivity index (χ2n) is 5.19. The molecule has 3 heterocycles. The second kappa shape index (κ2) is 5.48. The van der Waals surface area contributed by atoms with E-state index in [0.29, 0.717) is 11.2 Å². The Labute approximate surface area is 139 Å². The van der Waals surface area contributed by atoms with Crippen molar-refractivity contribution in [3.8, 4) is 5.69 Å². The Morgan fingerprint density at radius 1 is 1.16 bits per heavy atom. The minimum Gasteiger partial charge on any atom is -0.465 e. The summed E-state index contributed by atoms with van der Waals surface area (Å²) in [5, 5.41) is 11.9. The Hall–Kier alpha value is -3.62.